The monoisotopic (exact) mass is 193 g/mol. The summed E-state index contributed by atoms with van der Waals surface area (Å²) in [5.74, 6) is -0.193. The van der Waals surface area contributed by atoms with Gasteiger partial charge in [-0.1, -0.05) is 18.2 Å². The van der Waals surface area contributed by atoms with E-state index in [1.165, 1.54) is 6.07 Å². The van der Waals surface area contributed by atoms with Gasteiger partial charge in [-0.3, -0.25) is 0 Å². The second-order valence-corrected chi connectivity index (χ2v) is 3.63. The van der Waals surface area contributed by atoms with E-state index < -0.39 is 0 Å². The largest absolute Gasteiger partial charge is 0.310 e. The molecule has 0 aliphatic carbocycles. The van der Waals surface area contributed by atoms with Crippen LogP contribution in [0.15, 0.2) is 30.4 Å². The van der Waals surface area contributed by atoms with Gasteiger partial charge in [0.25, 0.3) is 0 Å². The lowest BCUT2D eigenvalue weighted by Gasteiger charge is -2.17. The van der Waals surface area contributed by atoms with E-state index in [-0.39, 0.29) is 11.9 Å². The first kappa shape index (κ1) is 10.9. The minimum Gasteiger partial charge on any atom is -0.310 e. The maximum Gasteiger partial charge on any atom is 0.123 e. The molecule has 1 nitrogen and oxygen atoms in total. The van der Waals surface area contributed by atoms with Crippen LogP contribution in [0.4, 0.5) is 4.39 Å². The topological polar surface area (TPSA) is 12.0 Å². The molecular formula is C12H16FN. The molecule has 0 aliphatic heterocycles. The molecule has 0 fully saturated rings. The van der Waals surface area contributed by atoms with Gasteiger partial charge in [0.15, 0.2) is 0 Å². The van der Waals surface area contributed by atoms with Crippen LogP contribution in [0.5, 0.6) is 0 Å². The molecular weight excluding hydrogens is 177 g/mol. The maximum absolute atomic E-state index is 13.1. The van der Waals surface area contributed by atoms with E-state index in [1.807, 2.05) is 27.0 Å². The summed E-state index contributed by atoms with van der Waals surface area (Å²) in [6.07, 6.45) is 0. The lowest BCUT2D eigenvalue weighted by molar-refractivity contribution is 0.613. The SMILES string of the molecule is C=C(C)C(NC)c1cc(C)cc(F)c1. The molecule has 1 N–H and O–H groups in total. The number of likely N-dealkylation sites (N-methyl/N-ethyl adjacent to an activating group) is 1. The van der Waals surface area contributed by atoms with E-state index in [1.54, 1.807) is 6.07 Å². The first-order chi connectivity index (χ1) is 6.54. The van der Waals surface area contributed by atoms with Crippen molar-refractivity contribution in [3.63, 3.8) is 0 Å². The Morgan fingerprint density at radius 3 is 2.50 bits per heavy atom. The highest BCUT2D eigenvalue weighted by molar-refractivity contribution is 5.30. The number of nitrogens with one attached hydrogen (secondary N) is 1. The van der Waals surface area contributed by atoms with Gasteiger partial charge in [-0.2, -0.15) is 0 Å². The van der Waals surface area contributed by atoms with Crippen molar-refractivity contribution < 1.29 is 4.39 Å². The van der Waals surface area contributed by atoms with Gasteiger partial charge in [0.1, 0.15) is 5.82 Å². The molecule has 76 valence electrons. The third kappa shape index (κ3) is 2.42. The number of hydrogen-bond acceptors (Lipinski definition) is 1. The van der Waals surface area contributed by atoms with Crippen LogP contribution in [0.1, 0.15) is 24.1 Å². The third-order valence-electron chi connectivity index (χ3n) is 2.18. The minimum atomic E-state index is -0.193. The summed E-state index contributed by atoms with van der Waals surface area (Å²) in [5, 5.41) is 3.11. The molecule has 0 spiro atoms. The van der Waals surface area contributed by atoms with Gasteiger partial charge < -0.3 is 5.32 Å². The van der Waals surface area contributed by atoms with Crippen molar-refractivity contribution >= 4 is 0 Å². The van der Waals surface area contributed by atoms with Gasteiger partial charge in [0.05, 0.1) is 6.04 Å². The minimum absolute atomic E-state index is 0.0319. The molecule has 0 aliphatic rings. The van der Waals surface area contributed by atoms with Crippen LogP contribution in [-0.4, -0.2) is 7.05 Å². The molecule has 0 saturated carbocycles. The number of halogens is 1. The summed E-state index contributed by atoms with van der Waals surface area (Å²) in [5.41, 5.74) is 2.84. The van der Waals surface area contributed by atoms with Gasteiger partial charge in [-0.15, -0.1) is 0 Å². The lowest BCUT2D eigenvalue weighted by Crippen LogP contribution is -2.17. The molecule has 1 aromatic rings. The van der Waals surface area contributed by atoms with Crippen molar-refractivity contribution in [3.8, 4) is 0 Å². The van der Waals surface area contributed by atoms with Crippen molar-refractivity contribution in [2.24, 2.45) is 0 Å². The van der Waals surface area contributed by atoms with E-state index in [9.17, 15) is 4.39 Å². The average molecular weight is 193 g/mol. The normalized spacial score (nSPS) is 12.6. The van der Waals surface area contributed by atoms with Crippen molar-refractivity contribution in [1.82, 2.24) is 5.32 Å². The molecule has 1 aromatic carbocycles. The smallest absolute Gasteiger partial charge is 0.123 e. The quantitative estimate of drug-likeness (QED) is 0.728. The Bertz CT molecular complexity index is 324. The molecule has 1 atom stereocenters. The van der Waals surface area contributed by atoms with Crippen LogP contribution < -0.4 is 5.32 Å². The molecule has 0 heterocycles. The Hall–Kier alpha value is -1.15. The van der Waals surface area contributed by atoms with Gasteiger partial charge in [0, 0.05) is 0 Å². The van der Waals surface area contributed by atoms with E-state index in [0.29, 0.717) is 0 Å². The lowest BCUT2D eigenvalue weighted by atomic mass is 9.99. The Kier molecular flexibility index (Phi) is 3.42. The molecule has 0 radical (unpaired) electrons. The fourth-order valence-corrected chi connectivity index (χ4v) is 1.63. The molecule has 14 heavy (non-hydrogen) atoms. The maximum atomic E-state index is 13.1. The van der Waals surface area contributed by atoms with Gasteiger partial charge in [-0.05, 0) is 44.2 Å². The van der Waals surface area contributed by atoms with Crippen molar-refractivity contribution in [2.45, 2.75) is 19.9 Å². The zero-order chi connectivity index (χ0) is 10.7. The second-order valence-electron chi connectivity index (χ2n) is 3.63. The van der Waals surface area contributed by atoms with E-state index in [4.69, 9.17) is 0 Å². The summed E-state index contributed by atoms with van der Waals surface area (Å²) in [7, 11) is 1.85. The van der Waals surface area contributed by atoms with Crippen LogP contribution in [0.2, 0.25) is 0 Å². The number of benzene rings is 1. The Morgan fingerprint density at radius 2 is 2.07 bits per heavy atom. The van der Waals surface area contributed by atoms with Gasteiger partial charge in [-0.25, -0.2) is 4.39 Å². The molecule has 1 rings (SSSR count). The highest BCUT2D eigenvalue weighted by Gasteiger charge is 2.10. The Morgan fingerprint density at radius 1 is 1.43 bits per heavy atom. The zero-order valence-electron chi connectivity index (χ0n) is 8.89. The highest BCUT2D eigenvalue weighted by Crippen LogP contribution is 2.21. The molecule has 0 amide bonds. The fraction of sp³-hybridized carbons (Fsp3) is 0.333. The van der Waals surface area contributed by atoms with Crippen LogP contribution in [0.3, 0.4) is 0 Å². The fourth-order valence-electron chi connectivity index (χ4n) is 1.63. The molecule has 2 heteroatoms. The van der Waals surface area contributed by atoms with Crippen molar-refractivity contribution in [1.29, 1.82) is 0 Å². The summed E-state index contributed by atoms with van der Waals surface area (Å²) in [6.45, 7) is 7.70. The molecule has 1 unspecified atom stereocenters. The van der Waals surface area contributed by atoms with Crippen molar-refractivity contribution in [3.05, 3.63) is 47.3 Å². The first-order valence-corrected chi connectivity index (χ1v) is 4.64. The Labute approximate surface area is 84.6 Å². The predicted octanol–water partition coefficient (Wildman–Crippen LogP) is 2.97. The molecule has 0 aromatic heterocycles. The molecule has 0 bridgehead atoms. The van der Waals surface area contributed by atoms with Gasteiger partial charge >= 0.3 is 0 Å². The summed E-state index contributed by atoms with van der Waals surface area (Å²) in [6, 6.07) is 5.07. The number of rotatable bonds is 3. The van der Waals surface area contributed by atoms with E-state index in [0.717, 1.165) is 16.7 Å². The van der Waals surface area contributed by atoms with Crippen LogP contribution in [-0.2, 0) is 0 Å². The van der Waals surface area contributed by atoms with Gasteiger partial charge in [0.2, 0.25) is 0 Å². The summed E-state index contributed by atoms with van der Waals surface area (Å²) < 4.78 is 13.1. The number of hydrogen-bond donors (Lipinski definition) is 1. The molecule has 0 saturated heterocycles. The summed E-state index contributed by atoms with van der Waals surface area (Å²) >= 11 is 0. The average Bonchev–Trinajstić information content (AvgIpc) is 2.02. The van der Waals surface area contributed by atoms with Crippen LogP contribution in [0, 0.1) is 12.7 Å². The predicted molar refractivity (Wildman–Crippen MR) is 57.8 cm³/mol. The van der Waals surface area contributed by atoms with Crippen molar-refractivity contribution in [2.75, 3.05) is 7.05 Å². The highest BCUT2D eigenvalue weighted by atomic mass is 19.1. The summed E-state index contributed by atoms with van der Waals surface area (Å²) in [4.78, 5) is 0. The zero-order valence-corrected chi connectivity index (χ0v) is 8.89. The van der Waals surface area contributed by atoms with E-state index in [2.05, 4.69) is 11.9 Å². The first-order valence-electron chi connectivity index (χ1n) is 4.64. The standard InChI is InChI=1S/C12H16FN/c1-8(2)12(14-4)10-5-9(3)6-11(13)7-10/h5-7,12,14H,1H2,2-4H3. The van der Waals surface area contributed by atoms with E-state index >= 15 is 0 Å². The third-order valence-corrected chi connectivity index (χ3v) is 2.18. The van der Waals surface area contributed by atoms with Crippen LogP contribution in [0.25, 0.3) is 0 Å². The second kappa shape index (κ2) is 4.38. The number of aryl methyl sites for hydroxylation is 1. The Balaban J connectivity index is 3.10. The van der Waals surface area contributed by atoms with Crippen LogP contribution >= 0.6 is 0 Å².